The largest absolute Gasteiger partial charge is 0.490 e. The van der Waals surface area contributed by atoms with Crippen molar-refractivity contribution in [1.29, 1.82) is 0 Å². The molecule has 0 atom stereocenters. The van der Waals surface area contributed by atoms with Crippen molar-refractivity contribution in [2.45, 2.75) is 13.8 Å². The third-order valence-corrected chi connectivity index (χ3v) is 3.57. The second kappa shape index (κ2) is 7.45. The number of hydrogen-bond acceptors (Lipinski definition) is 5. The fraction of sp³-hybridized carbons (Fsp3) is 0.235. The summed E-state index contributed by atoms with van der Waals surface area (Å²) >= 11 is 0. The summed E-state index contributed by atoms with van der Waals surface area (Å²) < 4.78 is 10.4. The number of carbonyl (C=O) groups is 1. The number of rotatable bonds is 6. The third kappa shape index (κ3) is 4.01. The Morgan fingerprint density at radius 1 is 1.21 bits per heavy atom. The van der Waals surface area contributed by atoms with Crippen LogP contribution >= 0.6 is 0 Å². The van der Waals surface area contributed by atoms with Crippen LogP contribution < -0.4 is 14.8 Å². The van der Waals surface area contributed by atoms with Crippen LogP contribution in [-0.4, -0.2) is 24.5 Å². The molecule has 1 N–H and O–H groups in total. The van der Waals surface area contributed by atoms with Gasteiger partial charge in [0.1, 0.15) is 5.75 Å². The summed E-state index contributed by atoms with van der Waals surface area (Å²) in [5, 5.41) is 13.6. The van der Waals surface area contributed by atoms with Gasteiger partial charge in [-0.2, -0.15) is 0 Å². The van der Waals surface area contributed by atoms with E-state index in [9.17, 15) is 14.9 Å². The van der Waals surface area contributed by atoms with E-state index in [1.165, 1.54) is 25.3 Å². The molecule has 2 rings (SSSR count). The van der Waals surface area contributed by atoms with Crippen molar-refractivity contribution >= 4 is 17.3 Å². The normalized spacial score (nSPS) is 10.1. The number of nitrogens with one attached hydrogen (secondary N) is 1. The zero-order chi connectivity index (χ0) is 17.7. The van der Waals surface area contributed by atoms with Gasteiger partial charge in [-0.1, -0.05) is 12.1 Å². The summed E-state index contributed by atoms with van der Waals surface area (Å²) in [4.78, 5) is 22.4. The molecule has 0 bridgehead atoms. The summed E-state index contributed by atoms with van der Waals surface area (Å²) in [6.07, 6.45) is 0. The van der Waals surface area contributed by atoms with Crippen LogP contribution in [-0.2, 0) is 4.79 Å². The first-order valence-corrected chi connectivity index (χ1v) is 7.23. The lowest BCUT2D eigenvalue weighted by atomic mass is 10.1. The highest BCUT2D eigenvalue weighted by atomic mass is 16.6. The monoisotopic (exact) mass is 330 g/mol. The highest BCUT2D eigenvalue weighted by molar-refractivity contribution is 5.92. The van der Waals surface area contributed by atoms with Crippen molar-refractivity contribution < 1.29 is 19.2 Å². The van der Waals surface area contributed by atoms with Gasteiger partial charge < -0.3 is 14.8 Å². The zero-order valence-electron chi connectivity index (χ0n) is 13.7. The van der Waals surface area contributed by atoms with E-state index in [1.54, 1.807) is 6.07 Å². The van der Waals surface area contributed by atoms with Gasteiger partial charge in [0, 0.05) is 11.8 Å². The van der Waals surface area contributed by atoms with E-state index in [-0.39, 0.29) is 18.0 Å². The van der Waals surface area contributed by atoms with Crippen molar-refractivity contribution in [3.63, 3.8) is 0 Å². The van der Waals surface area contributed by atoms with Gasteiger partial charge in [0.05, 0.1) is 12.0 Å². The number of hydrogen-bond donors (Lipinski definition) is 1. The average molecular weight is 330 g/mol. The Balaban J connectivity index is 2.03. The molecule has 0 spiro atoms. The van der Waals surface area contributed by atoms with Gasteiger partial charge >= 0.3 is 5.69 Å². The van der Waals surface area contributed by atoms with Crippen molar-refractivity contribution in [2.24, 2.45) is 0 Å². The zero-order valence-corrected chi connectivity index (χ0v) is 13.7. The van der Waals surface area contributed by atoms with Crippen LogP contribution in [0.1, 0.15) is 11.1 Å². The maximum atomic E-state index is 12.0. The van der Waals surface area contributed by atoms with Gasteiger partial charge in [0.25, 0.3) is 5.91 Å². The number of nitro benzene ring substituents is 1. The van der Waals surface area contributed by atoms with E-state index >= 15 is 0 Å². The second-order valence-corrected chi connectivity index (χ2v) is 5.18. The molecule has 7 nitrogen and oxygen atoms in total. The maximum Gasteiger partial charge on any atom is 0.312 e. The number of nitrogens with zero attached hydrogens (tertiary/aromatic N) is 1. The Morgan fingerprint density at radius 3 is 2.62 bits per heavy atom. The van der Waals surface area contributed by atoms with Gasteiger partial charge in [0.15, 0.2) is 12.4 Å². The first-order chi connectivity index (χ1) is 11.4. The first-order valence-electron chi connectivity index (χ1n) is 7.23. The van der Waals surface area contributed by atoms with Gasteiger partial charge in [-0.05, 0) is 43.2 Å². The fourth-order valence-corrected chi connectivity index (χ4v) is 2.13. The summed E-state index contributed by atoms with van der Waals surface area (Å²) in [6.45, 7) is 3.68. The maximum absolute atomic E-state index is 12.0. The van der Waals surface area contributed by atoms with E-state index in [0.717, 1.165) is 11.1 Å². The second-order valence-electron chi connectivity index (χ2n) is 5.18. The fourth-order valence-electron chi connectivity index (χ4n) is 2.13. The number of benzene rings is 2. The van der Waals surface area contributed by atoms with Crippen molar-refractivity contribution in [2.75, 3.05) is 19.0 Å². The molecular weight excluding hydrogens is 312 g/mol. The molecule has 0 aliphatic carbocycles. The minimum absolute atomic E-state index is 0.129. The van der Waals surface area contributed by atoms with Crippen molar-refractivity contribution in [1.82, 2.24) is 0 Å². The molecule has 0 aromatic heterocycles. The number of aryl methyl sites for hydroxylation is 1. The lowest BCUT2D eigenvalue weighted by Gasteiger charge is -2.11. The molecule has 126 valence electrons. The topological polar surface area (TPSA) is 90.7 Å². The molecule has 0 radical (unpaired) electrons. The standard InChI is InChI=1S/C17H18N2O5/c1-11-5-4-6-15(12(11)2)24-10-17(20)18-13-7-8-16(23-3)14(9-13)19(21)22/h4-9H,10H2,1-3H3,(H,18,20). The van der Waals surface area contributed by atoms with Crippen LogP contribution in [0.25, 0.3) is 0 Å². The summed E-state index contributed by atoms with van der Waals surface area (Å²) in [5.41, 5.74) is 2.12. The predicted octanol–water partition coefficient (Wildman–Crippen LogP) is 3.24. The molecular formula is C17H18N2O5. The number of amides is 1. The first kappa shape index (κ1) is 17.3. The van der Waals surface area contributed by atoms with E-state index < -0.39 is 10.8 Å². The molecule has 24 heavy (non-hydrogen) atoms. The van der Waals surface area contributed by atoms with E-state index in [1.807, 2.05) is 26.0 Å². The smallest absolute Gasteiger partial charge is 0.312 e. The van der Waals surface area contributed by atoms with Crippen LogP contribution in [0.4, 0.5) is 11.4 Å². The SMILES string of the molecule is COc1ccc(NC(=O)COc2cccc(C)c2C)cc1[N+](=O)[O-]. The minimum atomic E-state index is -0.568. The van der Waals surface area contributed by atoms with Crippen LogP contribution in [0.2, 0.25) is 0 Å². The Kier molecular flexibility index (Phi) is 5.36. The predicted molar refractivity (Wildman–Crippen MR) is 89.7 cm³/mol. The number of ether oxygens (including phenoxy) is 2. The highest BCUT2D eigenvalue weighted by Gasteiger charge is 2.16. The third-order valence-electron chi connectivity index (χ3n) is 3.57. The molecule has 2 aromatic rings. The van der Waals surface area contributed by atoms with E-state index in [2.05, 4.69) is 5.32 Å². The number of nitro groups is 1. The quantitative estimate of drug-likeness (QED) is 0.648. The molecule has 0 unspecified atom stereocenters. The molecule has 0 saturated carbocycles. The Bertz CT molecular complexity index is 774. The molecule has 0 aliphatic rings. The molecule has 0 fully saturated rings. The average Bonchev–Trinajstić information content (AvgIpc) is 2.56. The molecule has 1 amide bonds. The van der Waals surface area contributed by atoms with Crippen LogP contribution in [0.5, 0.6) is 11.5 Å². The summed E-state index contributed by atoms with van der Waals surface area (Å²) in [5.74, 6) is 0.353. The Morgan fingerprint density at radius 2 is 1.96 bits per heavy atom. The van der Waals surface area contributed by atoms with Gasteiger partial charge in [0.2, 0.25) is 0 Å². The summed E-state index contributed by atoms with van der Waals surface area (Å²) in [7, 11) is 1.35. The highest BCUT2D eigenvalue weighted by Crippen LogP contribution is 2.29. The minimum Gasteiger partial charge on any atom is -0.490 e. The van der Waals surface area contributed by atoms with Gasteiger partial charge in [-0.15, -0.1) is 0 Å². The summed E-state index contributed by atoms with van der Waals surface area (Å²) in [6, 6.07) is 9.80. The van der Waals surface area contributed by atoms with Crippen LogP contribution in [0, 0.1) is 24.0 Å². The van der Waals surface area contributed by atoms with Crippen molar-refractivity contribution in [3.8, 4) is 11.5 Å². The van der Waals surface area contributed by atoms with Crippen LogP contribution in [0.15, 0.2) is 36.4 Å². The number of methoxy groups -OCH3 is 1. The van der Waals surface area contributed by atoms with Gasteiger partial charge in [-0.3, -0.25) is 14.9 Å². The van der Waals surface area contributed by atoms with Gasteiger partial charge in [-0.25, -0.2) is 0 Å². The molecule has 2 aromatic carbocycles. The number of carbonyl (C=O) groups excluding carboxylic acids is 1. The number of anilines is 1. The molecule has 0 aliphatic heterocycles. The molecule has 7 heteroatoms. The molecule has 0 saturated heterocycles. The Hall–Kier alpha value is -3.09. The van der Waals surface area contributed by atoms with Crippen LogP contribution in [0.3, 0.4) is 0 Å². The lowest BCUT2D eigenvalue weighted by molar-refractivity contribution is -0.385. The lowest BCUT2D eigenvalue weighted by Crippen LogP contribution is -2.20. The molecule has 0 heterocycles. The van der Waals surface area contributed by atoms with E-state index in [0.29, 0.717) is 11.4 Å². The van der Waals surface area contributed by atoms with Crippen molar-refractivity contribution in [3.05, 3.63) is 57.6 Å². The Labute approximate surface area is 139 Å². The van der Waals surface area contributed by atoms with E-state index in [4.69, 9.17) is 9.47 Å².